The highest BCUT2D eigenvalue weighted by Crippen LogP contribution is 2.34. The minimum atomic E-state index is -4.65. The van der Waals surface area contributed by atoms with Crippen LogP contribution in [0.2, 0.25) is 0 Å². The lowest BCUT2D eigenvalue weighted by Crippen LogP contribution is -2.29. The summed E-state index contributed by atoms with van der Waals surface area (Å²) in [6.45, 7) is 2.16. The minimum absolute atomic E-state index is 0.0211. The summed E-state index contributed by atoms with van der Waals surface area (Å²) in [6.07, 6.45) is -3.05. The predicted octanol–water partition coefficient (Wildman–Crippen LogP) is 2.90. The number of amides is 2. The van der Waals surface area contributed by atoms with E-state index < -0.39 is 23.6 Å². The zero-order valence-corrected chi connectivity index (χ0v) is 11.5. The van der Waals surface area contributed by atoms with Crippen LogP contribution in [0.15, 0.2) is 18.2 Å². The van der Waals surface area contributed by atoms with Crippen LogP contribution in [0.25, 0.3) is 0 Å². The molecule has 21 heavy (non-hydrogen) atoms. The van der Waals surface area contributed by atoms with Crippen molar-refractivity contribution >= 4 is 17.5 Å². The van der Waals surface area contributed by atoms with E-state index in [1.807, 2.05) is 0 Å². The number of hydrogen-bond donors (Lipinski definition) is 1. The van der Waals surface area contributed by atoms with E-state index in [-0.39, 0.29) is 11.3 Å². The lowest BCUT2D eigenvalue weighted by atomic mass is 10.0. The summed E-state index contributed by atoms with van der Waals surface area (Å²) in [5, 5.41) is 2.29. The lowest BCUT2D eigenvalue weighted by Gasteiger charge is -2.19. The fourth-order valence-corrected chi connectivity index (χ4v) is 2.34. The number of likely N-dealkylation sites (tertiary alicyclic amines) is 1. The van der Waals surface area contributed by atoms with E-state index in [0.29, 0.717) is 13.1 Å². The maximum atomic E-state index is 13.1. The van der Waals surface area contributed by atoms with E-state index in [1.54, 1.807) is 0 Å². The van der Waals surface area contributed by atoms with Crippen LogP contribution < -0.4 is 5.32 Å². The van der Waals surface area contributed by atoms with Gasteiger partial charge in [-0.25, -0.2) is 0 Å². The van der Waals surface area contributed by atoms with Crippen molar-refractivity contribution < 1.29 is 22.8 Å². The van der Waals surface area contributed by atoms with Crippen LogP contribution in [0.1, 0.15) is 35.7 Å². The summed E-state index contributed by atoms with van der Waals surface area (Å²) in [7, 11) is 0. The molecular formula is C14H15F3N2O2. The molecule has 1 fully saturated rings. The third kappa shape index (κ3) is 3.53. The first-order valence-corrected chi connectivity index (χ1v) is 6.57. The number of nitrogens with zero attached hydrogens (tertiary/aromatic N) is 1. The van der Waals surface area contributed by atoms with E-state index in [4.69, 9.17) is 0 Å². The standard InChI is InChI=1S/C14H15F3N2O2/c1-9(20)18-10-4-5-11(12(8-10)14(15,16)17)13(21)19-6-2-3-7-19/h4-5,8H,2-3,6-7H2,1H3,(H,18,20). The topological polar surface area (TPSA) is 49.4 Å². The number of hydrogen-bond acceptors (Lipinski definition) is 2. The summed E-state index contributed by atoms with van der Waals surface area (Å²) < 4.78 is 39.4. The second-order valence-corrected chi connectivity index (χ2v) is 4.94. The summed E-state index contributed by atoms with van der Waals surface area (Å²) in [5.41, 5.74) is -1.38. The normalized spacial score (nSPS) is 15.1. The third-order valence-electron chi connectivity index (χ3n) is 3.27. The fraction of sp³-hybridized carbons (Fsp3) is 0.429. The fourth-order valence-electron chi connectivity index (χ4n) is 2.34. The highest BCUT2D eigenvalue weighted by molar-refractivity contribution is 5.97. The SMILES string of the molecule is CC(=O)Nc1ccc(C(=O)N2CCCC2)c(C(F)(F)F)c1. The molecule has 0 aliphatic carbocycles. The Morgan fingerprint density at radius 3 is 2.33 bits per heavy atom. The quantitative estimate of drug-likeness (QED) is 0.913. The molecule has 0 bridgehead atoms. The molecule has 2 rings (SSSR count). The molecule has 0 radical (unpaired) electrons. The zero-order chi connectivity index (χ0) is 15.6. The summed E-state index contributed by atoms with van der Waals surface area (Å²) in [5.74, 6) is -1.09. The number of carbonyl (C=O) groups excluding carboxylic acids is 2. The Labute approximate surface area is 119 Å². The summed E-state index contributed by atoms with van der Waals surface area (Å²) in [6, 6.07) is 3.22. The molecule has 0 atom stereocenters. The molecule has 114 valence electrons. The van der Waals surface area contributed by atoms with Crippen molar-refractivity contribution in [1.82, 2.24) is 4.90 Å². The first kappa shape index (κ1) is 15.3. The molecule has 0 aromatic heterocycles. The molecule has 1 aliphatic heterocycles. The molecule has 2 amide bonds. The van der Waals surface area contributed by atoms with Gasteiger partial charge < -0.3 is 10.2 Å². The molecule has 0 unspecified atom stereocenters. The number of halogens is 3. The van der Waals surface area contributed by atoms with Gasteiger partial charge in [0.25, 0.3) is 5.91 Å². The summed E-state index contributed by atoms with van der Waals surface area (Å²) in [4.78, 5) is 24.5. The molecular weight excluding hydrogens is 285 g/mol. The van der Waals surface area contributed by atoms with E-state index in [2.05, 4.69) is 5.32 Å². The maximum absolute atomic E-state index is 13.1. The van der Waals surface area contributed by atoms with E-state index in [1.165, 1.54) is 17.9 Å². The Morgan fingerprint density at radius 2 is 1.81 bits per heavy atom. The molecule has 1 aromatic rings. The molecule has 4 nitrogen and oxygen atoms in total. The molecule has 1 saturated heterocycles. The third-order valence-corrected chi connectivity index (χ3v) is 3.27. The predicted molar refractivity (Wildman–Crippen MR) is 70.9 cm³/mol. The van der Waals surface area contributed by atoms with Crippen LogP contribution in [-0.4, -0.2) is 29.8 Å². The van der Waals surface area contributed by atoms with Crippen molar-refractivity contribution in [2.45, 2.75) is 25.9 Å². The van der Waals surface area contributed by atoms with E-state index in [9.17, 15) is 22.8 Å². The number of carbonyl (C=O) groups is 2. The average molecular weight is 300 g/mol. The lowest BCUT2D eigenvalue weighted by molar-refractivity contribution is -0.138. The van der Waals surface area contributed by atoms with Crippen molar-refractivity contribution in [3.63, 3.8) is 0 Å². The summed E-state index contributed by atoms with van der Waals surface area (Å²) >= 11 is 0. The van der Waals surface area contributed by atoms with Gasteiger partial charge in [-0.2, -0.15) is 13.2 Å². The van der Waals surface area contributed by atoms with E-state index >= 15 is 0 Å². The van der Waals surface area contributed by atoms with Gasteiger partial charge >= 0.3 is 6.18 Å². The Bertz CT molecular complexity index is 564. The molecule has 7 heteroatoms. The monoisotopic (exact) mass is 300 g/mol. The first-order chi connectivity index (χ1) is 9.79. The van der Waals surface area contributed by atoms with Gasteiger partial charge in [0.15, 0.2) is 0 Å². The molecule has 1 N–H and O–H groups in total. The van der Waals surface area contributed by atoms with Crippen molar-refractivity contribution in [2.75, 3.05) is 18.4 Å². The first-order valence-electron chi connectivity index (χ1n) is 6.57. The van der Waals surface area contributed by atoms with Gasteiger partial charge in [0.1, 0.15) is 0 Å². The highest BCUT2D eigenvalue weighted by Gasteiger charge is 2.37. The second-order valence-electron chi connectivity index (χ2n) is 4.94. The number of alkyl halides is 3. The number of benzene rings is 1. The Hall–Kier alpha value is -2.05. The molecule has 1 aliphatic rings. The average Bonchev–Trinajstić information content (AvgIpc) is 2.90. The van der Waals surface area contributed by atoms with Gasteiger partial charge in [-0.15, -0.1) is 0 Å². The van der Waals surface area contributed by atoms with Crippen molar-refractivity contribution in [2.24, 2.45) is 0 Å². The van der Waals surface area contributed by atoms with Gasteiger partial charge in [0, 0.05) is 25.7 Å². The Kier molecular flexibility index (Phi) is 4.20. The Morgan fingerprint density at radius 1 is 1.19 bits per heavy atom. The molecule has 1 heterocycles. The van der Waals surface area contributed by atoms with Crippen LogP contribution >= 0.6 is 0 Å². The van der Waals surface area contributed by atoms with E-state index in [0.717, 1.165) is 25.0 Å². The Balaban J connectivity index is 2.39. The van der Waals surface area contributed by atoms with Crippen molar-refractivity contribution in [3.8, 4) is 0 Å². The van der Waals surface area contributed by atoms with Crippen LogP contribution in [-0.2, 0) is 11.0 Å². The smallest absolute Gasteiger partial charge is 0.339 e. The molecule has 0 saturated carbocycles. The highest BCUT2D eigenvalue weighted by atomic mass is 19.4. The molecule has 0 spiro atoms. The number of rotatable bonds is 2. The van der Waals surface area contributed by atoms with Gasteiger partial charge in [-0.3, -0.25) is 9.59 Å². The minimum Gasteiger partial charge on any atom is -0.339 e. The number of anilines is 1. The maximum Gasteiger partial charge on any atom is 0.417 e. The van der Waals surface area contributed by atoms with Crippen LogP contribution in [0.5, 0.6) is 0 Å². The van der Waals surface area contributed by atoms with Gasteiger partial charge in [-0.1, -0.05) is 0 Å². The molecule has 1 aromatic carbocycles. The van der Waals surface area contributed by atoms with Gasteiger partial charge in [0.2, 0.25) is 5.91 Å². The van der Waals surface area contributed by atoms with Crippen LogP contribution in [0.3, 0.4) is 0 Å². The second kappa shape index (κ2) is 5.75. The van der Waals surface area contributed by atoms with Crippen LogP contribution in [0, 0.1) is 0 Å². The zero-order valence-electron chi connectivity index (χ0n) is 11.5. The number of nitrogens with one attached hydrogen (secondary N) is 1. The van der Waals surface area contributed by atoms with Crippen LogP contribution in [0.4, 0.5) is 18.9 Å². The van der Waals surface area contributed by atoms with Gasteiger partial charge in [-0.05, 0) is 31.0 Å². The van der Waals surface area contributed by atoms with Crippen molar-refractivity contribution in [1.29, 1.82) is 0 Å². The van der Waals surface area contributed by atoms with Gasteiger partial charge in [0.05, 0.1) is 11.1 Å². The largest absolute Gasteiger partial charge is 0.417 e. The van der Waals surface area contributed by atoms with Crippen molar-refractivity contribution in [3.05, 3.63) is 29.3 Å².